The van der Waals surface area contributed by atoms with Gasteiger partial charge in [0.25, 0.3) is 0 Å². The topological polar surface area (TPSA) is 70.0 Å². The molecule has 5 heteroatoms. The summed E-state index contributed by atoms with van der Waals surface area (Å²) in [6.45, 7) is 8.77. The van der Waals surface area contributed by atoms with Crippen molar-refractivity contribution < 1.29 is 19.7 Å². The molecule has 2 N–H and O–H groups in total. The molecule has 0 aliphatic carbocycles. The SMILES string of the molecule is CC(C)OCC(O)CN1CCCC(C(C)CC(=O)O)C1. The molecule has 1 aliphatic rings. The average molecular weight is 287 g/mol. The molecule has 1 saturated heterocycles. The first kappa shape index (κ1) is 17.4. The molecule has 0 saturated carbocycles. The van der Waals surface area contributed by atoms with E-state index < -0.39 is 12.1 Å². The summed E-state index contributed by atoms with van der Waals surface area (Å²) in [4.78, 5) is 13.0. The first-order chi connectivity index (χ1) is 9.38. The second-order valence-electron chi connectivity index (χ2n) is 6.27. The summed E-state index contributed by atoms with van der Waals surface area (Å²) in [6, 6.07) is 0. The fraction of sp³-hybridized carbons (Fsp3) is 0.933. The summed E-state index contributed by atoms with van der Waals surface area (Å²) < 4.78 is 5.42. The zero-order chi connectivity index (χ0) is 15.1. The van der Waals surface area contributed by atoms with Crippen molar-refractivity contribution in [2.45, 2.75) is 52.2 Å². The highest BCUT2D eigenvalue weighted by atomic mass is 16.5. The Morgan fingerprint density at radius 3 is 2.70 bits per heavy atom. The Hall–Kier alpha value is -0.650. The number of aliphatic hydroxyl groups is 1. The summed E-state index contributed by atoms with van der Waals surface area (Å²) >= 11 is 0. The second kappa shape index (κ2) is 8.60. The minimum atomic E-state index is -0.722. The normalized spacial score (nSPS) is 23.8. The molecule has 0 aromatic rings. The molecule has 0 spiro atoms. The zero-order valence-corrected chi connectivity index (χ0v) is 12.9. The van der Waals surface area contributed by atoms with E-state index in [1.165, 1.54) is 0 Å². The number of piperidine rings is 1. The van der Waals surface area contributed by atoms with Crippen molar-refractivity contribution in [3.05, 3.63) is 0 Å². The Labute approximate surface area is 121 Å². The Morgan fingerprint density at radius 2 is 2.10 bits per heavy atom. The highest BCUT2D eigenvalue weighted by molar-refractivity contribution is 5.66. The standard InChI is InChI=1S/C15H29NO4/c1-11(2)20-10-14(17)9-16-6-4-5-13(8-16)12(3)7-15(18)19/h11-14,17H,4-10H2,1-3H3,(H,18,19). The maximum atomic E-state index is 10.8. The summed E-state index contributed by atoms with van der Waals surface area (Å²) in [6.07, 6.45) is 2.06. The molecule has 20 heavy (non-hydrogen) atoms. The number of β-amino-alcohol motifs (C(OH)–C–C–N with tert-alkyl or cyclic N) is 1. The lowest BCUT2D eigenvalue weighted by molar-refractivity contribution is -0.138. The van der Waals surface area contributed by atoms with Crippen LogP contribution in [0.2, 0.25) is 0 Å². The van der Waals surface area contributed by atoms with Crippen LogP contribution in [0, 0.1) is 11.8 Å². The molecular formula is C15H29NO4. The van der Waals surface area contributed by atoms with Crippen LogP contribution in [0.25, 0.3) is 0 Å². The van der Waals surface area contributed by atoms with Gasteiger partial charge in [0, 0.05) is 19.5 Å². The Bertz CT molecular complexity index is 296. The first-order valence-corrected chi connectivity index (χ1v) is 7.62. The summed E-state index contributed by atoms with van der Waals surface area (Å²) in [5.41, 5.74) is 0. The van der Waals surface area contributed by atoms with Gasteiger partial charge in [-0.3, -0.25) is 4.79 Å². The Morgan fingerprint density at radius 1 is 1.40 bits per heavy atom. The van der Waals surface area contributed by atoms with E-state index >= 15 is 0 Å². The molecule has 0 aromatic heterocycles. The van der Waals surface area contributed by atoms with Crippen LogP contribution in [0.15, 0.2) is 0 Å². The monoisotopic (exact) mass is 287 g/mol. The van der Waals surface area contributed by atoms with Gasteiger partial charge in [0.15, 0.2) is 0 Å². The van der Waals surface area contributed by atoms with Crippen molar-refractivity contribution in [2.24, 2.45) is 11.8 Å². The van der Waals surface area contributed by atoms with Crippen molar-refractivity contribution in [1.29, 1.82) is 0 Å². The largest absolute Gasteiger partial charge is 0.481 e. The van der Waals surface area contributed by atoms with E-state index in [4.69, 9.17) is 9.84 Å². The number of aliphatic carboxylic acids is 1. The lowest BCUT2D eigenvalue weighted by Crippen LogP contribution is -2.43. The van der Waals surface area contributed by atoms with E-state index in [1.54, 1.807) is 0 Å². The number of carboxylic acids is 1. The maximum Gasteiger partial charge on any atom is 0.303 e. The number of aliphatic hydroxyl groups excluding tert-OH is 1. The van der Waals surface area contributed by atoms with Crippen molar-refractivity contribution in [1.82, 2.24) is 4.90 Å². The maximum absolute atomic E-state index is 10.8. The van der Waals surface area contributed by atoms with Gasteiger partial charge in [-0.1, -0.05) is 6.92 Å². The van der Waals surface area contributed by atoms with Gasteiger partial charge in [-0.05, 0) is 45.1 Å². The molecule has 3 unspecified atom stereocenters. The van der Waals surface area contributed by atoms with Crippen LogP contribution in [-0.2, 0) is 9.53 Å². The van der Waals surface area contributed by atoms with Crippen LogP contribution in [0.4, 0.5) is 0 Å². The number of nitrogens with zero attached hydrogens (tertiary/aromatic N) is 1. The molecular weight excluding hydrogens is 258 g/mol. The van der Waals surface area contributed by atoms with E-state index in [9.17, 15) is 9.90 Å². The molecule has 5 nitrogen and oxygen atoms in total. The third kappa shape index (κ3) is 6.68. The molecule has 1 fully saturated rings. The number of rotatable bonds is 8. The lowest BCUT2D eigenvalue weighted by Gasteiger charge is -2.36. The fourth-order valence-corrected chi connectivity index (χ4v) is 2.82. The predicted octanol–water partition coefficient (Wildman–Crippen LogP) is 1.60. The molecule has 118 valence electrons. The third-order valence-electron chi connectivity index (χ3n) is 3.93. The van der Waals surface area contributed by atoms with Gasteiger partial charge in [-0.2, -0.15) is 0 Å². The van der Waals surface area contributed by atoms with Crippen LogP contribution in [0.3, 0.4) is 0 Å². The number of hydrogen-bond acceptors (Lipinski definition) is 4. The van der Waals surface area contributed by atoms with E-state index in [-0.39, 0.29) is 18.4 Å². The number of ether oxygens (including phenoxy) is 1. The molecule has 0 radical (unpaired) electrons. The van der Waals surface area contributed by atoms with Crippen molar-refractivity contribution >= 4 is 5.97 Å². The van der Waals surface area contributed by atoms with Crippen LogP contribution in [-0.4, -0.2) is 59.5 Å². The minimum Gasteiger partial charge on any atom is -0.481 e. The van der Waals surface area contributed by atoms with Crippen LogP contribution < -0.4 is 0 Å². The number of carbonyl (C=O) groups is 1. The lowest BCUT2D eigenvalue weighted by atomic mass is 9.84. The van der Waals surface area contributed by atoms with Gasteiger partial charge in [-0.25, -0.2) is 0 Å². The van der Waals surface area contributed by atoms with Gasteiger partial charge in [0.2, 0.25) is 0 Å². The average Bonchev–Trinajstić information content (AvgIpc) is 2.36. The molecule has 0 bridgehead atoms. The van der Waals surface area contributed by atoms with Gasteiger partial charge in [0.05, 0.1) is 18.8 Å². The van der Waals surface area contributed by atoms with E-state index in [1.807, 2.05) is 20.8 Å². The number of hydrogen-bond donors (Lipinski definition) is 2. The molecule has 0 amide bonds. The van der Waals surface area contributed by atoms with Crippen molar-refractivity contribution in [2.75, 3.05) is 26.2 Å². The Balaban J connectivity index is 2.34. The fourth-order valence-electron chi connectivity index (χ4n) is 2.82. The van der Waals surface area contributed by atoms with Crippen molar-refractivity contribution in [3.8, 4) is 0 Å². The van der Waals surface area contributed by atoms with E-state index in [0.29, 0.717) is 19.1 Å². The second-order valence-corrected chi connectivity index (χ2v) is 6.27. The molecule has 1 heterocycles. The number of likely N-dealkylation sites (tertiary alicyclic amines) is 1. The van der Waals surface area contributed by atoms with E-state index in [0.717, 1.165) is 25.9 Å². The van der Waals surface area contributed by atoms with Gasteiger partial charge < -0.3 is 19.8 Å². The molecule has 0 aromatic carbocycles. The quantitative estimate of drug-likeness (QED) is 0.709. The zero-order valence-electron chi connectivity index (χ0n) is 12.9. The molecule has 1 rings (SSSR count). The molecule has 1 aliphatic heterocycles. The van der Waals surface area contributed by atoms with Gasteiger partial charge in [-0.15, -0.1) is 0 Å². The number of carboxylic acid groups (broad SMARTS) is 1. The highest BCUT2D eigenvalue weighted by Crippen LogP contribution is 2.26. The summed E-state index contributed by atoms with van der Waals surface area (Å²) in [5.74, 6) is -0.114. The predicted molar refractivity (Wildman–Crippen MR) is 77.7 cm³/mol. The minimum absolute atomic E-state index is 0.134. The van der Waals surface area contributed by atoms with Crippen LogP contribution in [0.1, 0.15) is 40.0 Å². The molecule has 3 atom stereocenters. The summed E-state index contributed by atoms with van der Waals surface area (Å²) in [7, 11) is 0. The third-order valence-corrected chi connectivity index (χ3v) is 3.93. The summed E-state index contributed by atoms with van der Waals surface area (Å²) in [5, 5.41) is 18.8. The van der Waals surface area contributed by atoms with Crippen molar-refractivity contribution in [3.63, 3.8) is 0 Å². The van der Waals surface area contributed by atoms with Gasteiger partial charge in [0.1, 0.15) is 0 Å². The Kier molecular flexibility index (Phi) is 7.48. The van der Waals surface area contributed by atoms with E-state index in [2.05, 4.69) is 4.90 Å². The van der Waals surface area contributed by atoms with Crippen LogP contribution in [0.5, 0.6) is 0 Å². The highest BCUT2D eigenvalue weighted by Gasteiger charge is 2.26. The van der Waals surface area contributed by atoms with Gasteiger partial charge >= 0.3 is 5.97 Å². The smallest absolute Gasteiger partial charge is 0.303 e. The first-order valence-electron chi connectivity index (χ1n) is 7.62. The van der Waals surface area contributed by atoms with Crippen LogP contribution >= 0.6 is 0 Å².